The molecule has 6 nitrogen and oxygen atoms in total. The van der Waals surface area contributed by atoms with Crippen molar-refractivity contribution in [2.45, 2.75) is 33.2 Å². The second-order valence-corrected chi connectivity index (χ2v) is 6.34. The molecule has 0 spiro atoms. The van der Waals surface area contributed by atoms with Crippen LogP contribution in [0.3, 0.4) is 0 Å². The third kappa shape index (κ3) is 6.26. The van der Waals surface area contributed by atoms with E-state index in [0.717, 1.165) is 22.4 Å². The number of ether oxygens (including phenoxy) is 1. The molecule has 6 heteroatoms. The van der Waals surface area contributed by atoms with Crippen LogP contribution in [-0.2, 0) is 19.1 Å². The summed E-state index contributed by atoms with van der Waals surface area (Å²) in [5.74, 6) is -1.21. The zero-order valence-electron chi connectivity index (χ0n) is 15.7. The number of aryl methyl sites for hydroxylation is 2. The standard InChI is InChI=1S/C21H24N2O4/c1-14-8-7-9-15(2)21(14)23-19(25)13-27-20(26)12-18(22-16(3)24)17-10-5-4-6-11-17/h4-11,18H,12-13H2,1-3H3,(H,22,24)(H,23,25)/t18-/m1/s1. The SMILES string of the molecule is CC(=O)N[C@H](CC(=O)OCC(=O)Nc1c(C)cccc1C)c1ccccc1. The van der Waals surface area contributed by atoms with Gasteiger partial charge in [0.05, 0.1) is 12.5 Å². The lowest BCUT2D eigenvalue weighted by Gasteiger charge is -2.17. The zero-order chi connectivity index (χ0) is 19.8. The first-order valence-corrected chi connectivity index (χ1v) is 8.70. The molecule has 2 aromatic carbocycles. The molecule has 0 saturated carbocycles. The van der Waals surface area contributed by atoms with E-state index in [1.165, 1.54) is 6.92 Å². The smallest absolute Gasteiger partial charge is 0.308 e. The number of para-hydroxylation sites is 1. The highest BCUT2D eigenvalue weighted by Crippen LogP contribution is 2.20. The topological polar surface area (TPSA) is 84.5 Å². The van der Waals surface area contributed by atoms with Gasteiger partial charge in [-0.1, -0.05) is 48.5 Å². The summed E-state index contributed by atoms with van der Waals surface area (Å²) in [6.07, 6.45) is -0.0553. The first-order chi connectivity index (χ1) is 12.9. The molecule has 2 aromatic rings. The molecule has 0 aliphatic rings. The minimum atomic E-state index is -0.561. The minimum absolute atomic E-state index is 0.0553. The van der Waals surface area contributed by atoms with Gasteiger partial charge in [-0.3, -0.25) is 14.4 Å². The van der Waals surface area contributed by atoms with Gasteiger partial charge in [0.25, 0.3) is 5.91 Å². The Hall–Kier alpha value is -3.15. The number of hydrogen-bond acceptors (Lipinski definition) is 4. The Morgan fingerprint density at radius 1 is 0.963 bits per heavy atom. The summed E-state index contributed by atoms with van der Waals surface area (Å²) in [5.41, 5.74) is 3.39. The zero-order valence-corrected chi connectivity index (χ0v) is 15.7. The van der Waals surface area contributed by atoms with Crippen LogP contribution in [0, 0.1) is 13.8 Å². The average Bonchev–Trinajstić information content (AvgIpc) is 2.63. The fourth-order valence-electron chi connectivity index (χ4n) is 2.74. The molecule has 0 aliphatic carbocycles. The molecule has 0 unspecified atom stereocenters. The number of benzene rings is 2. The lowest BCUT2D eigenvalue weighted by molar-refractivity contribution is -0.148. The lowest BCUT2D eigenvalue weighted by Crippen LogP contribution is -2.29. The number of amides is 2. The number of carbonyl (C=O) groups excluding carboxylic acids is 3. The van der Waals surface area contributed by atoms with E-state index >= 15 is 0 Å². The fourth-order valence-corrected chi connectivity index (χ4v) is 2.74. The molecule has 0 aliphatic heterocycles. The molecule has 0 bridgehead atoms. The Balaban J connectivity index is 1.92. The van der Waals surface area contributed by atoms with Crippen molar-refractivity contribution < 1.29 is 19.1 Å². The van der Waals surface area contributed by atoms with Gasteiger partial charge in [0.2, 0.25) is 5.91 Å². The molecular formula is C21H24N2O4. The molecular weight excluding hydrogens is 344 g/mol. The summed E-state index contributed by atoms with van der Waals surface area (Å²) < 4.78 is 5.09. The molecule has 0 radical (unpaired) electrons. The van der Waals surface area contributed by atoms with Crippen molar-refractivity contribution in [1.29, 1.82) is 0 Å². The highest BCUT2D eigenvalue weighted by Gasteiger charge is 2.19. The van der Waals surface area contributed by atoms with E-state index in [1.54, 1.807) is 0 Å². The molecule has 142 valence electrons. The fraction of sp³-hybridized carbons (Fsp3) is 0.286. The summed E-state index contributed by atoms with van der Waals surface area (Å²) >= 11 is 0. The van der Waals surface area contributed by atoms with Crippen LogP contribution in [0.25, 0.3) is 0 Å². The van der Waals surface area contributed by atoms with E-state index in [1.807, 2.05) is 62.4 Å². The van der Waals surface area contributed by atoms with Gasteiger partial charge in [-0.2, -0.15) is 0 Å². The van der Waals surface area contributed by atoms with E-state index in [9.17, 15) is 14.4 Å². The van der Waals surface area contributed by atoms with Gasteiger partial charge in [-0.25, -0.2) is 0 Å². The molecule has 0 aromatic heterocycles. The highest BCUT2D eigenvalue weighted by molar-refractivity contribution is 5.94. The Morgan fingerprint density at radius 3 is 2.19 bits per heavy atom. The molecule has 2 N–H and O–H groups in total. The molecule has 1 atom stereocenters. The number of anilines is 1. The number of nitrogens with one attached hydrogen (secondary N) is 2. The van der Waals surface area contributed by atoms with Crippen LogP contribution in [0.4, 0.5) is 5.69 Å². The Labute approximate surface area is 158 Å². The van der Waals surface area contributed by atoms with E-state index in [-0.39, 0.29) is 18.9 Å². The molecule has 2 amide bonds. The summed E-state index contributed by atoms with van der Waals surface area (Å²) in [5, 5.41) is 5.49. The van der Waals surface area contributed by atoms with Gasteiger partial charge in [0, 0.05) is 12.6 Å². The molecule has 0 fully saturated rings. The number of esters is 1. The minimum Gasteiger partial charge on any atom is -0.455 e. The third-order valence-corrected chi connectivity index (χ3v) is 4.06. The second kappa shape index (κ2) is 9.52. The van der Waals surface area contributed by atoms with Crippen molar-refractivity contribution in [3.8, 4) is 0 Å². The van der Waals surface area contributed by atoms with Crippen LogP contribution in [0.1, 0.15) is 36.1 Å². The van der Waals surface area contributed by atoms with Gasteiger partial charge in [-0.05, 0) is 30.5 Å². The van der Waals surface area contributed by atoms with Crippen LogP contribution in [0.5, 0.6) is 0 Å². The first kappa shape index (κ1) is 20.2. The summed E-state index contributed by atoms with van der Waals surface area (Å²) in [6, 6.07) is 14.3. The van der Waals surface area contributed by atoms with Crippen LogP contribution in [0.2, 0.25) is 0 Å². The third-order valence-electron chi connectivity index (χ3n) is 4.06. The maximum atomic E-state index is 12.1. The van der Waals surface area contributed by atoms with Gasteiger partial charge in [0.1, 0.15) is 0 Å². The summed E-state index contributed by atoms with van der Waals surface area (Å²) in [7, 11) is 0. The van der Waals surface area contributed by atoms with Crippen LogP contribution >= 0.6 is 0 Å². The van der Waals surface area contributed by atoms with E-state index in [2.05, 4.69) is 10.6 Å². The van der Waals surface area contributed by atoms with E-state index in [0.29, 0.717) is 0 Å². The van der Waals surface area contributed by atoms with E-state index < -0.39 is 17.9 Å². The highest BCUT2D eigenvalue weighted by atomic mass is 16.5. The van der Waals surface area contributed by atoms with Crippen molar-refractivity contribution in [2.75, 3.05) is 11.9 Å². The normalized spacial score (nSPS) is 11.4. The van der Waals surface area contributed by atoms with E-state index in [4.69, 9.17) is 4.74 Å². The Kier molecular flexibility index (Phi) is 7.11. The quantitative estimate of drug-likeness (QED) is 0.736. The maximum Gasteiger partial charge on any atom is 0.308 e. The predicted octanol–water partition coefficient (Wildman–Crippen LogP) is 3.05. The molecule has 27 heavy (non-hydrogen) atoms. The van der Waals surface area contributed by atoms with Crippen molar-refractivity contribution >= 4 is 23.5 Å². The maximum absolute atomic E-state index is 12.1. The van der Waals surface area contributed by atoms with Crippen LogP contribution < -0.4 is 10.6 Å². The van der Waals surface area contributed by atoms with Crippen molar-refractivity contribution in [2.24, 2.45) is 0 Å². The monoisotopic (exact) mass is 368 g/mol. The number of carbonyl (C=O) groups is 3. The second-order valence-electron chi connectivity index (χ2n) is 6.34. The van der Waals surface area contributed by atoms with Crippen molar-refractivity contribution in [3.05, 3.63) is 65.2 Å². The predicted molar refractivity (Wildman–Crippen MR) is 103 cm³/mol. The largest absolute Gasteiger partial charge is 0.455 e. The van der Waals surface area contributed by atoms with Crippen LogP contribution in [0.15, 0.2) is 48.5 Å². The Morgan fingerprint density at radius 2 is 1.59 bits per heavy atom. The molecule has 0 heterocycles. The first-order valence-electron chi connectivity index (χ1n) is 8.70. The van der Waals surface area contributed by atoms with Crippen molar-refractivity contribution in [1.82, 2.24) is 5.32 Å². The number of rotatable bonds is 7. The molecule has 2 rings (SSSR count). The Bertz CT molecular complexity index is 798. The van der Waals surface area contributed by atoms with Gasteiger partial charge < -0.3 is 15.4 Å². The molecule has 0 saturated heterocycles. The van der Waals surface area contributed by atoms with Crippen LogP contribution in [-0.4, -0.2) is 24.4 Å². The van der Waals surface area contributed by atoms with Gasteiger partial charge in [-0.15, -0.1) is 0 Å². The lowest BCUT2D eigenvalue weighted by atomic mass is 10.0. The van der Waals surface area contributed by atoms with Gasteiger partial charge in [0.15, 0.2) is 6.61 Å². The van der Waals surface area contributed by atoms with Crippen molar-refractivity contribution in [3.63, 3.8) is 0 Å². The number of hydrogen-bond donors (Lipinski definition) is 2. The average molecular weight is 368 g/mol. The summed E-state index contributed by atoms with van der Waals surface area (Å²) in [4.78, 5) is 35.7. The van der Waals surface area contributed by atoms with Gasteiger partial charge >= 0.3 is 5.97 Å². The summed E-state index contributed by atoms with van der Waals surface area (Å²) in [6.45, 7) is 4.80.